The molecular formula is C18H25NO5S. The lowest BCUT2D eigenvalue weighted by Gasteiger charge is -2.35. The van der Waals surface area contributed by atoms with Crippen molar-refractivity contribution in [1.82, 2.24) is 0 Å². The fourth-order valence-corrected chi connectivity index (χ4v) is 6.21. The second-order valence-electron chi connectivity index (χ2n) is 7.77. The number of carbonyl (C=O) groups is 1. The molecule has 2 aliphatic carbocycles. The van der Waals surface area contributed by atoms with Crippen LogP contribution in [0.1, 0.15) is 44.8 Å². The minimum Gasteiger partial charge on any atom is -0.387 e. The van der Waals surface area contributed by atoms with Crippen LogP contribution >= 0.6 is 0 Å². The maximum absolute atomic E-state index is 12.6. The van der Waals surface area contributed by atoms with E-state index >= 15 is 0 Å². The molecule has 2 fully saturated rings. The Morgan fingerprint density at radius 2 is 1.96 bits per heavy atom. The van der Waals surface area contributed by atoms with E-state index < -0.39 is 21.6 Å². The summed E-state index contributed by atoms with van der Waals surface area (Å²) in [6.45, 7) is 4.07. The number of aliphatic hydroxyl groups is 1. The van der Waals surface area contributed by atoms with E-state index in [9.17, 15) is 18.3 Å². The standard InChI is InChI=1S/C18H25NO5S/c1-17(2)13-7-8-18(17,16(21)9-13)11-25(22,23)24-14-5-3-12(4-6-14)15(20)10-19/h3-6,13,15,20H,7-11,19H2,1-2H3/t13-,15+,18-/m0/s1. The lowest BCUT2D eigenvalue weighted by atomic mass is 9.70. The normalized spacial score (nSPS) is 29.0. The van der Waals surface area contributed by atoms with Crippen LogP contribution in [0.25, 0.3) is 0 Å². The highest BCUT2D eigenvalue weighted by molar-refractivity contribution is 7.87. The van der Waals surface area contributed by atoms with E-state index in [-0.39, 0.29) is 35.2 Å². The Bertz CT molecular complexity index is 771. The zero-order valence-corrected chi connectivity index (χ0v) is 15.4. The molecule has 0 spiro atoms. The molecule has 0 amide bonds. The Labute approximate surface area is 148 Å². The summed E-state index contributed by atoms with van der Waals surface area (Å²) in [5, 5.41) is 9.68. The van der Waals surface area contributed by atoms with Gasteiger partial charge in [-0.1, -0.05) is 26.0 Å². The molecule has 0 saturated heterocycles. The number of aliphatic hydroxyl groups excluding tert-OH is 1. The van der Waals surface area contributed by atoms with Crippen LogP contribution < -0.4 is 9.92 Å². The topological polar surface area (TPSA) is 107 Å². The maximum Gasteiger partial charge on any atom is 0.310 e. The van der Waals surface area contributed by atoms with Crippen molar-refractivity contribution in [1.29, 1.82) is 0 Å². The van der Waals surface area contributed by atoms with Crippen molar-refractivity contribution in [2.45, 2.75) is 39.2 Å². The van der Waals surface area contributed by atoms with Crippen LogP contribution in [0.4, 0.5) is 0 Å². The lowest BCUT2D eigenvalue weighted by molar-refractivity contribution is -0.128. The van der Waals surface area contributed by atoms with Gasteiger partial charge in [-0.3, -0.25) is 4.79 Å². The Morgan fingerprint density at radius 3 is 2.44 bits per heavy atom. The van der Waals surface area contributed by atoms with Gasteiger partial charge in [0, 0.05) is 13.0 Å². The molecule has 25 heavy (non-hydrogen) atoms. The molecule has 138 valence electrons. The highest BCUT2D eigenvalue weighted by Gasteiger charge is 2.65. The van der Waals surface area contributed by atoms with Crippen molar-refractivity contribution in [2.24, 2.45) is 22.5 Å². The summed E-state index contributed by atoms with van der Waals surface area (Å²) >= 11 is 0. The van der Waals surface area contributed by atoms with Crippen LogP contribution in [0.15, 0.2) is 24.3 Å². The first-order valence-corrected chi connectivity index (χ1v) is 10.1. The third-order valence-electron chi connectivity index (χ3n) is 6.27. The first-order valence-electron chi connectivity index (χ1n) is 8.55. The van der Waals surface area contributed by atoms with Gasteiger partial charge >= 0.3 is 10.1 Å². The van der Waals surface area contributed by atoms with Crippen LogP contribution in [0.3, 0.4) is 0 Å². The van der Waals surface area contributed by atoms with Gasteiger partial charge in [0.2, 0.25) is 0 Å². The SMILES string of the molecule is CC1(C)[C@H]2CC[C@]1(CS(=O)(=O)Oc1ccc([C@H](O)CN)cc1)C(=O)C2. The number of fused-ring (bicyclic) bond motifs is 2. The van der Waals surface area contributed by atoms with E-state index in [4.69, 9.17) is 9.92 Å². The Kier molecular flexibility index (Phi) is 4.46. The van der Waals surface area contributed by atoms with E-state index in [0.717, 1.165) is 6.42 Å². The van der Waals surface area contributed by atoms with Gasteiger partial charge in [-0.15, -0.1) is 0 Å². The molecule has 3 atom stereocenters. The summed E-state index contributed by atoms with van der Waals surface area (Å²) in [7, 11) is -3.91. The molecule has 7 heteroatoms. The van der Waals surface area contributed by atoms with Crippen LogP contribution in [-0.2, 0) is 14.9 Å². The van der Waals surface area contributed by atoms with E-state index in [2.05, 4.69) is 0 Å². The summed E-state index contributed by atoms with van der Waals surface area (Å²) in [6, 6.07) is 6.14. The number of ketones is 1. The minimum absolute atomic E-state index is 0.0438. The molecular weight excluding hydrogens is 342 g/mol. The molecule has 0 aliphatic heterocycles. The molecule has 2 saturated carbocycles. The predicted octanol–water partition coefficient (Wildman–Crippen LogP) is 1.78. The molecule has 0 radical (unpaired) electrons. The average Bonchev–Trinajstić information content (AvgIpc) is 2.88. The van der Waals surface area contributed by atoms with Crippen molar-refractivity contribution in [3.8, 4) is 5.75 Å². The van der Waals surface area contributed by atoms with Crippen LogP contribution in [0.5, 0.6) is 5.75 Å². The number of hydrogen-bond acceptors (Lipinski definition) is 6. The number of Topliss-reactive ketones (excluding diaryl/α,β-unsaturated/α-hetero) is 1. The minimum atomic E-state index is -3.91. The molecule has 0 heterocycles. The van der Waals surface area contributed by atoms with E-state index in [0.29, 0.717) is 18.4 Å². The molecule has 0 aromatic heterocycles. The van der Waals surface area contributed by atoms with Crippen LogP contribution in [-0.4, -0.2) is 31.6 Å². The Morgan fingerprint density at radius 1 is 1.32 bits per heavy atom. The zero-order valence-electron chi connectivity index (χ0n) is 14.6. The third kappa shape index (κ3) is 2.98. The quantitative estimate of drug-likeness (QED) is 0.742. The van der Waals surface area contributed by atoms with Crippen molar-refractivity contribution in [2.75, 3.05) is 12.3 Å². The largest absolute Gasteiger partial charge is 0.387 e. The fourth-order valence-electron chi connectivity index (χ4n) is 4.47. The molecule has 2 bridgehead atoms. The van der Waals surface area contributed by atoms with Gasteiger partial charge in [0.15, 0.2) is 0 Å². The van der Waals surface area contributed by atoms with Gasteiger partial charge in [-0.25, -0.2) is 0 Å². The number of benzene rings is 1. The summed E-state index contributed by atoms with van der Waals surface area (Å²) in [6.07, 6.45) is 1.17. The molecule has 6 nitrogen and oxygen atoms in total. The molecule has 2 aliphatic rings. The van der Waals surface area contributed by atoms with Crippen molar-refractivity contribution in [3.05, 3.63) is 29.8 Å². The van der Waals surface area contributed by atoms with E-state index in [1.807, 2.05) is 13.8 Å². The fraction of sp³-hybridized carbons (Fsp3) is 0.611. The van der Waals surface area contributed by atoms with E-state index in [1.165, 1.54) is 12.1 Å². The molecule has 3 N–H and O–H groups in total. The highest BCUT2D eigenvalue weighted by Crippen LogP contribution is 2.64. The molecule has 0 unspecified atom stereocenters. The average molecular weight is 367 g/mol. The van der Waals surface area contributed by atoms with Gasteiger partial charge in [-0.05, 0) is 41.9 Å². The third-order valence-corrected chi connectivity index (χ3v) is 7.57. The van der Waals surface area contributed by atoms with E-state index in [1.54, 1.807) is 12.1 Å². The maximum atomic E-state index is 12.6. The van der Waals surface area contributed by atoms with Crippen molar-refractivity contribution >= 4 is 15.9 Å². The summed E-state index contributed by atoms with van der Waals surface area (Å²) in [5.74, 6) is 0.187. The first kappa shape index (κ1) is 18.4. The molecule has 1 aromatic rings. The highest BCUT2D eigenvalue weighted by atomic mass is 32.2. The Balaban J connectivity index is 1.78. The van der Waals surface area contributed by atoms with Gasteiger partial charge in [0.05, 0.1) is 17.3 Å². The number of rotatable bonds is 6. The van der Waals surface area contributed by atoms with Gasteiger partial charge in [0.25, 0.3) is 0 Å². The zero-order chi connectivity index (χ0) is 18.5. The summed E-state index contributed by atoms with van der Waals surface area (Å²) < 4.78 is 30.4. The second-order valence-corrected chi connectivity index (χ2v) is 9.34. The summed E-state index contributed by atoms with van der Waals surface area (Å²) in [4.78, 5) is 12.5. The smallest absolute Gasteiger partial charge is 0.310 e. The number of hydrogen-bond donors (Lipinski definition) is 2. The first-order chi connectivity index (χ1) is 11.6. The van der Waals surface area contributed by atoms with Gasteiger partial charge in [0.1, 0.15) is 11.5 Å². The molecule has 3 rings (SSSR count). The van der Waals surface area contributed by atoms with Gasteiger partial charge < -0.3 is 15.0 Å². The summed E-state index contributed by atoms with van der Waals surface area (Å²) in [5.41, 5.74) is 4.83. The number of nitrogens with two attached hydrogens (primary N) is 1. The van der Waals surface area contributed by atoms with Crippen LogP contribution in [0.2, 0.25) is 0 Å². The number of carbonyl (C=O) groups excluding carboxylic acids is 1. The predicted molar refractivity (Wildman–Crippen MR) is 93.4 cm³/mol. The second kappa shape index (κ2) is 6.07. The van der Waals surface area contributed by atoms with Crippen molar-refractivity contribution < 1.29 is 22.5 Å². The molecule has 1 aromatic carbocycles. The Hall–Kier alpha value is -1.44. The monoisotopic (exact) mass is 367 g/mol. The van der Waals surface area contributed by atoms with Gasteiger partial charge in [-0.2, -0.15) is 8.42 Å². The van der Waals surface area contributed by atoms with Crippen LogP contribution in [0, 0.1) is 16.7 Å². The lowest BCUT2D eigenvalue weighted by Crippen LogP contribution is -2.43. The van der Waals surface area contributed by atoms with Crippen molar-refractivity contribution in [3.63, 3.8) is 0 Å².